The van der Waals surface area contributed by atoms with Crippen LogP contribution in [-0.2, 0) is 17.8 Å². The van der Waals surface area contributed by atoms with Crippen molar-refractivity contribution in [3.05, 3.63) is 70.8 Å². The van der Waals surface area contributed by atoms with Crippen LogP contribution in [0.5, 0.6) is 5.75 Å². The van der Waals surface area contributed by atoms with Crippen molar-refractivity contribution in [1.29, 1.82) is 0 Å². The Labute approximate surface area is 145 Å². The number of para-hydroxylation sites is 1. The average Bonchev–Trinajstić information content (AvgIpc) is 2.63. The normalized spacial score (nSPS) is 10.8. The molecule has 0 N–H and O–H groups in total. The van der Waals surface area contributed by atoms with Crippen LogP contribution in [0.2, 0.25) is 0 Å². The molecular formula is C20H20N2O3. The van der Waals surface area contributed by atoms with Gasteiger partial charge in [-0.1, -0.05) is 24.3 Å². The average molecular weight is 336 g/mol. The number of fused-ring (bicyclic) bond motifs is 1. The summed E-state index contributed by atoms with van der Waals surface area (Å²) in [6, 6.07) is 15.0. The van der Waals surface area contributed by atoms with E-state index in [1.807, 2.05) is 42.5 Å². The molecule has 1 aromatic heterocycles. The number of ether oxygens (including phenoxy) is 1. The van der Waals surface area contributed by atoms with Crippen LogP contribution in [0.25, 0.3) is 10.9 Å². The minimum atomic E-state index is -0.0613. The lowest BCUT2D eigenvalue weighted by atomic mass is 10.1. The second-order valence-electron chi connectivity index (χ2n) is 5.95. The van der Waals surface area contributed by atoms with E-state index < -0.39 is 0 Å². The summed E-state index contributed by atoms with van der Waals surface area (Å²) in [5.74, 6) is 0.933. The Hall–Kier alpha value is -2.95. The topological polar surface area (TPSA) is 61.2 Å². The van der Waals surface area contributed by atoms with Gasteiger partial charge in [-0.15, -0.1) is 0 Å². The smallest absolute Gasteiger partial charge is 0.261 e. The highest BCUT2D eigenvalue weighted by molar-refractivity contribution is 5.77. The molecule has 0 aliphatic rings. The first-order chi connectivity index (χ1) is 12.1. The number of hydrogen-bond donors (Lipinski definition) is 0. The Balaban J connectivity index is 1.59. The van der Waals surface area contributed by atoms with Crippen LogP contribution in [0.15, 0.2) is 59.7 Å². The number of hydrogen-bond acceptors (Lipinski definition) is 4. The second-order valence-corrected chi connectivity index (χ2v) is 5.95. The molecule has 0 aliphatic carbocycles. The van der Waals surface area contributed by atoms with Gasteiger partial charge in [0.25, 0.3) is 5.56 Å². The molecule has 0 radical (unpaired) electrons. The second kappa shape index (κ2) is 7.75. The van der Waals surface area contributed by atoms with E-state index in [9.17, 15) is 9.59 Å². The number of carbonyl (C=O) groups is 1. The Kier molecular flexibility index (Phi) is 5.23. The van der Waals surface area contributed by atoms with Crippen LogP contribution in [0.3, 0.4) is 0 Å². The number of Topliss-reactive ketones (excluding diaryl/α,β-unsaturated/α-hetero) is 1. The molecule has 0 aliphatic heterocycles. The van der Waals surface area contributed by atoms with Gasteiger partial charge in [0.15, 0.2) is 0 Å². The zero-order valence-corrected chi connectivity index (χ0v) is 14.1. The lowest BCUT2D eigenvalue weighted by Crippen LogP contribution is -2.23. The third-order valence-electron chi connectivity index (χ3n) is 4.02. The van der Waals surface area contributed by atoms with Crippen molar-refractivity contribution in [1.82, 2.24) is 9.55 Å². The standard InChI is InChI=1S/C20H20N2O3/c1-15(23)6-7-16-8-10-17(11-9-16)25-13-12-22-14-21-19-5-3-2-4-18(19)20(22)24/h2-5,8-11,14H,6-7,12-13H2,1H3. The maximum atomic E-state index is 12.4. The van der Waals surface area contributed by atoms with Crippen molar-refractivity contribution in [2.45, 2.75) is 26.3 Å². The lowest BCUT2D eigenvalue weighted by Gasteiger charge is -2.09. The van der Waals surface area contributed by atoms with E-state index in [4.69, 9.17) is 4.74 Å². The Morgan fingerprint density at radius 2 is 1.88 bits per heavy atom. The molecule has 0 saturated carbocycles. The molecule has 3 rings (SSSR count). The summed E-state index contributed by atoms with van der Waals surface area (Å²) in [6.07, 6.45) is 2.85. The fourth-order valence-electron chi connectivity index (χ4n) is 2.60. The molecule has 0 unspecified atom stereocenters. The first-order valence-corrected chi connectivity index (χ1v) is 8.29. The molecule has 2 aromatic carbocycles. The number of aromatic nitrogens is 2. The minimum Gasteiger partial charge on any atom is -0.492 e. The maximum absolute atomic E-state index is 12.4. The number of aryl methyl sites for hydroxylation is 1. The number of rotatable bonds is 7. The molecule has 5 nitrogen and oxygen atoms in total. The molecule has 0 fully saturated rings. The van der Waals surface area contributed by atoms with Gasteiger partial charge < -0.3 is 9.53 Å². The Morgan fingerprint density at radius 1 is 1.12 bits per heavy atom. The molecule has 0 spiro atoms. The highest BCUT2D eigenvalue weighted by atomic mass is 16.5. The largest absolute Gasteiger partial charge is 0.492 e. The zero-order valence-electron chi connectivity index (χ0n) is 14.1. The van der Waals surface area contributed by atoms with E-state index in [0.29, 0.717) is 30.5 Å². The number of carbonyl (C=O) groups excluding carboxylic acids is 1. The monoisotopic (exact) mass is 336 g/mol. The van der Waals surface area contributed by atoms with Crippen molar-refractivity contribution in [2.24, 2.45) is 0 Å². The molecule has 0 amide bonds. The van der Waals surface area contributed by atoms with Gasteiger partial charge in [0.05, 0.1) is 23.8 Å². The summed E-state index contributed by atoms with van der Waals surface area (Å²) >= 11 is 0. The van der Waals surface area contributed by atoms with Gasteiger partial charge in [-0.3, -0.25) is 9.36 Å². The van der Waals surface area contributed by atoms with E-state index in [1.165, 1.54) is 0 Å². The van der Waals surface area contributed by atoms with Gasteiger partial charge in [0, 0.05) is 6.42 Å². The van der Waals surface area contributed by atoms with E-state index in [-0.39, 0.29) is 11.3 Å². The van der Waals surface area contributed by atoms with Crippen LogP contribution in [0, 0.1) is 0 Å². The summed E-state index contributed by atoms with van der Waals surface area (Å²) in [7, 11) is 0. The van der Waals surface area contributed by atoms with Gasteiger partial charge >= 0.3 is 0 Å². The Morgan fingerprint density at radius 3 is 2.64 bits per heavy atom. The summed E-state index contributed by atoms with van der Waals surface area (Å²) in [5, 5.41) is 0.611. The predicted octanol–water partition coefficient (Wildman–Crippen LogP) is 3.00. The number of ketones is 1. The minimum absolute atomic E-state index is 0.0613. The van der Waals surface area contributed by atoms with Crippen molar-refractivity contribution >= 4 is 16.7 Å². The molecular weight excluding hydrogens is 316 g/mol. The van der Waals surface area contributed by atoms with Crippen LogP contribution in [-0.4, -0.2) is 21.9 Å². The SMILES string of the molecule is CC(=O)CCc1ccc(OCCn2cnc3ccccc3c2=O)cc1. The molecule has 0 bridgehead atoms. The third-order valence-corrected chi connectivity index (χ3v) is 4.02. The van der Waals surface area contributed by atoms with Gasteiger partial charge in [-0.2, -0.15) is 0 Å². The summed E-state index contributed by atoms with van der Waals surface area (Å²) in [4.78, 5) is 27.7. The Bertz CT molecular complexity index is 930. The van der Waals surface area contributed by atoms with E-state index in [2.05, 4.69) is 4.98 Å². The first kappa shape index (κ1) is 16.9. The van der Waals surface area contributed by atoms with Crippen molar-refractivity contribution in [3.63, 3.8) is 0 Å². The quantitative estimate of drug-likeness (QED) is 0.665. The third kappa shape index (κ3) is 4.32. The first-order valence-electron chi connectivity index (χ1n) is 8.29. The molecule has 0 atom stereocenters. The van der Waals surface area contributed by atoms with Gasteiger partial charge in [-0.25, -0.2) is 4.98 Å². The van der Waals surface area contributed by atoms with E-state index >= 15 is 0 Å². The fourth-order valence-corrected chi connectivity index (χ4v) is 2.60. The van der Waals surface area contributed by atoms with Gasteiger partial charge in [0.1, 0.15) is 18.1 Å². The van der Waals surface area contributed by atoms with Crippen molar-refractivity contribution < 1.29 is 9.53 Å². The predicted molar refractivity (Wildman–Crippen MR) is 96.9 cm³/mol. The van der Waals surface area contributed by atoms with Crippen molar-refractivity contribution in [3.8, 4) is 5.75 Å². The van der Waals surface area contributed by atoms with Crippen LogP contribution >= 0.6 is 0 Å². The molecule has 1 heterocycles. The summed E-state index contributed by atoms with van der Waals surface area (Å²) in [5.41, 5.74) is 1.75. The van der Waals surface area contributed by atoms with Crippen LogP contribution in [0.4, 0.5) is 0 Å². The number of nitrogens with zero attached hydrogens (tertiary/aromatic N) is 2. The molecule has 25 heavy (non-hydrogen) atoms. The van der Waals surface area contributed by atoms with E-state index in [1.54, 1.807) is 23.9 Å². The van der Waals surface area contributed by atoms with Crippen LogP contribution in [0.1, 0.15) is 18.9 Å². The van der Waals surface area contributed by atoms with Crippen LogP contribution < -0.4 is 10.3 Å². The summed E-state index contributed by atoms with van der Waals surface area (Å²) < 4.78 is 7.26. The number of benzene rings is 2. The summed E-state index contributed by atoms with van der Waals surface area (Å²) in [6.45, 7) is 2.41. The van der Waals surface area contributed by atoms with Gasteiger partial charge in [-0.05, 0) is 43.2 Å². The molecule has 5 heteroatoms. The highest BCUT2D eigenvalue weighted by Crippen LogP contribution is 2.13. The molecule has 128 valence electrons. The maximum Gasteiger partial charge on any atom is 0.261 e. The molecule has 0 saturated heterocycles. The highest BCUT2D eigenvalue weighted by Gasteiger charge is 2.04. The van der Waals surface area contributed by atoms with Gasteiger partial charge in [0.2, 0.25) is 0 Å². The zero-order chi connectivity index (χ0) is 17.6. The molecule has 3 aromatic rings. The lowest BCUT2D eigenvalue weighted by molar-refractivity contribution is -0.116. The van der Waals surface area contributed by atoms with E-state index in [0.717, 1.165) is 17.7 Å². The fraction of sp³-hybridized carbons (Fsp3) is 0.250. The van der Waals surface area contributed by atoms with Crippen molar-refractivity contribution in [2.75, 3.05) is 6.61 Å².